The summed E-state index contributed by atoms with van der Waals surface area (Å²) >= 11 is 0. The van der Waals surface area contributed by atoms with E-state index in [0.29, 0.717) is 5.95 Å². The van der Waals surface area contributed by atoms with Crippen LogP contribution in [0.4, 0.5) is 5.95 Å². The Balaban J connectivity index is 2.21. The van der Waals surface area contributed by atoms with E-state index in [1.54, 1.807) is 4.57 Å². The Morgan fingerprint density at radius 3 is 2.88 bits per heavy atom. The molecular formula is C10H16N4O2. The molecule has 2 heterocycles. The van der Waals surface area contributed by atoms with Gasteiger partial charge in [0.2, 0.25) is 11.8 Å². The topological polar surface area (TPSA) is 69.0 Å². The molecule has 0 radical (unpaired) electrons. The highest BCUT2D eigenvalue weighted by Gasteiger charge is 2.25. The molecule has 0 fully saturated rings. The van der Waals surface area contributed by atoms with Crippen molar-refractivity contribution < 1.29 is 9.53 Å². The van der Waals surface area contributed by atoms with Gasteiger partial charge in [0.1, 0.15) is 5.60 Å². The number of hydrogen-bond donors (Lipinski definition) is 1. The van der Waals surface area contributed by atoms with Gasteiger partial charge in [-0.15, -0.1) is 10.2 Å². The number of hydrogen-bond acceptors (Lipinski definition) is 5. The van der Waals surface area contributed by atoms with Crippen LogP contribution in [-0.2, 0) is 11.3 Å². The monoisotopic (exact) mass is 224 g/mol. The molecule has 0 saturated carbocycles. The van der Waals surface area contributed by atoms with Crippen molar-refractivity contribution in [3.05, 3.63) is 5.82 Å². The molecule has 0 saturated heterocycles. The van der Waals surface area contributed by atoms with Crippen LogP contribution in [0.25, 0.3) is 0 Å². The third-order valence-corrected chi connectivity index (χ3v) is 2.17. The number of nitrogens with one attached hydrogen (secondary N) is 1. The molecule has 0 unspecified atom stereocenters. The fraction of sp³-hybridized carbons (Fsp3) is 0.700. The van der Waals surface area contributed by atoms with E-state index in [-0.39, 0.29) is 5.82 Å². The van der Waals surface area contributed by atoms with Gasteiger partial charge in [0.15, 0.2) is 0 Å². The van der Waals surface area contributed by atoms with Crippen molar-refractivity contribution in [3.63, 3.8) is 0 Å². The average molecular weight is 224 g/mol. The highest BCUT2D eigenvalue weighted by atomic mass is 16.6. The molecule has 0 aliphatic carbocycles. The van der Waals surface area contributed by atoms with Crippen LogP contribution in [0, 0.1) is 0 Å². The molecule has 1 N–H and O–H groups in total. The van der Waals surface area contributed by atoms with Gasteiger partial charge in [-0.05, 0) is 27.2 Å². The van der Waals surface area contributed by atoms with Gasteiger partial charge in [0.05, 0.1) is 0 Å². The minimum absolute atomic E-state index is 0.275. The Labute approximate surface area is 94.0 Å². The molecule has 0 spiro atoms. The van der Waals surface area contributed by atoms with Crippen LogP contribution < -0.4 is 5.32 Å². The number of carbonyl (C=O) groups excluding carboxylic acids is 1. The Hall–Kier alpha value is -1.59. The first kappa shape index (κ1) is 10.9. The van der Waals surface area contributed by atoms with Crippen LogP contribution in [0.1, 0.15) is 37.8 Å². The lowest BCUT2D eigenvalue weighted by Crippen LogP contribution is -2.27. The lowest BCUT2D eigenvalue weighted by Gasteiger charge is -2.20. The molecule has 0 amide bonds. The zero-order valence-electron chi connectivity index (χ0n) is 9.78. The molecular weight excluding hydrogens is 208 g/mol. The van der Waals surface area contributed by atoms with E-state index in [1.165, 1.54) is 0 Å². The lowest BCUT2D eigenvalue weighted by molar-refractivity contribution is 0.00498. The van der Waals surface area contributed by atoms with Gasteiger partial charge in [0, 0.05) is 13.1 Å². The van der Waals surface area contributed by atoms with Gasteiger partial charge in [-0.1, -0.05) is 0 Å². The van der Waals surface area contributed by atoms with Crippen LogP contribution in [0.5, 0.6) is 0 Å². The Bertz CT molecular complexity index is 405. The van der Waals surface area contributed by atoms with Gasteiger partial charge >= 0.3 is 5.97 Å². The summed E-state index contributed by atoms with van der Waals surface area (Å²) in [6.45, 7) is 7.11. The van der Waals surface area contributed by atoms with Gasteiger partial charge in [-0.2, -0.15) is 0 Å². The zero-order chi connectivity index (χ0) is 11.8. The van der Waals surface area contributed by atoms with Crippen LogP contribution in [0.15, 0.2) is 0 Å². The third kappa shape index (κ3) is 2.15. The van der Waals surface area contributed by atoms with E-state index in [2.05, 4.69) is 15.5 Å². The Kier molecular flexibility index (Phi) is 2.57. The first-order chi connectivity index (χ1) is 7.47. The molecule has 0 aromatic carbocycles. The Morgan fingerprint density at radius 1 is 1.44 bits per heavy atom. The van der Waals surface area contributed by atoms with E-state index in [4.69, 9.17) is 4.74 Å². The molecule has 1 aromatic heterocycles. The molecule has 0 bridgehead atoms. The first-order valence-electron chi connectivity index (χ1n) is 5.38. The van der Waals surface area contributed by atoms with E-state index in [1.807, 2.05) is 20.8 Å². The number of esters is 1. The number of aromatic nitrogens is 3. The molecule has 6 nitrogen and oxygen atoms in total. The van der Waals surface area contributed by atoms with E-state index < -0.39 is 11.6 Å². The molecule has 1 aliphatic heterocycles. The fourth-order valence-corrected chi connectivity index (χ4v) is 1.56. The van der Waals surface area contributed by atoms with Crippen molar-refractivity contribution in [2.75, 3.05) is 11.9 Å². The van der Waals surface area contributed by atoms with Crippen LogP contribution in [-0.4, -0.2) is 32.9 Å². The summed E-state index contributed by atoms with van der Waals surface area (Å²) < 4.78 is 7.02. The smallest absolute Gasteiger partial charge is 0.377 e. The molecule has 88 valence electrons. The Morgan fingerprint density at radius 2 is 2.19 bits per heavy atom. The first-order valence-corrected chi connectivity index (χ1v) is 5.38. The highest BCUT2D eigenvalue weighted by Crippen LogP contribution is 2.16. The SMILES string of the molecule is CC(C)(C)OC(=O)c1nnc2n1CCCN2. The summed E-state index contributed by atoms with van der Waals surface area (Å²) in [6.07, 6.45) is 0.959. The molecule has 1 aliphatic rings. The van der Waals surface area contributed by atoms with Crippen molar-refractivity contribution in [2.45, 2.75) is 39.3 Å². The highest BCUT2D eigenvalue weighted by molar-refractivity contribution is 5.86. The predicted octanol–water partition coefficient (Wildman–Crippen LogP) is 1.05. The van der Waals surface area contributed by atoms with Crippen molar-refractivity contribution in [2.24, 2.45) is 0 Å². The number of fused-ring (bicyclic) bond motifs is 1. The van der Waals surface area contributed by atoms with Crippen LogP contribution in [0.3, 0.4) is 0 Å². The number of carbonyl (C=O) groups is 1. The number of ether oxygens (including phenoxy) is 1. The maximum Gasteiger partial charge on any atom is 0.377 e. The van der Waals surface area contributed by atoms with Crippen molar-refractivity contribution in [1.29, 1.82) is 0 Å². The molecule has 0 atom stereocenters. The zero-order valence-corrected chi connectivity index (χ0v) is 9.78. The fourth-order valence-electron chi connectivity index (χ4n) is 1.56. The van der Waals surface area contributed by atoms with Gasteiger partial charge in [0.25, 0.3) is 0 Å². The molecule has 2 rings (SSSR count). The van der Waals surface area contributed by atoms with Crippen molar-refractivity contribution in [3.8, 4) is 0 Å². The standard InChI is InChI=1S/C10H16N4O2/c1-10(2,3)16-8(15)7-12-13-9-11-5-4-6-14(7)9/h4-6H2,1-3H3,(H,11,13). The number of rotatable bonds is 1. The summed E-state index contributed by atoms with van der Waals surface area (Å²) in [5, 5.41) is 10.8. The van der Waals surface area contributed by atoms with Crippen molar-refractivity contribution in [1.82, 2.24) is 14.8 Å². The summed E-state index contributed by atoms with van der Waals surface area (Å²) in [4.78, 5) is 11.8. The van der Waals surface area contributed by atoms with E-state index in [0.717, 1.165) is 19.5 Å². The maximum atomic E-state index is 11.8. The minimum Gasteiger partial charge on any atom is -0.454 e. The van der Waals surface area contributed by atoms with E-state index >= 15 is 0 Å². The second kappa shape index (κ2) is 3.77. The summed E-state index contributed by atoms with van der Waals surface area (Å²) in [6, 6.07) is 0. The molecule has 6 heteroatoms. The van der Waals surface area contributed by atoms with Crippen molar-refractivity contribution >= 4 is 11.9 Å². The van der Waals surface area contributed by atoms with Crippen LogP contribution in [0.2, 0.25) is 0 Å². The number of anilines is 1. The molecule has 16 heavy (non-hydrogen) atoms. The largest absolute Gasteiger partial charge is 0.454 e. The summed E-state index contributed by atoms with van der Waals surface area (Å²) in [5.41, 5.74) is -0.508. The normalized spacial score (nSPS) is 15.2. The summed E-state index contributed by atoms with van der Waals surface area (Å²) in [7, 11) is 0. The second-order valence-electron chi connectivity index (χ2n) is 4.78. The minimum atomic E-state index is -0.508. The van der Waals surface area contributed by atoms with E-state index in [9.17, 15) is 4.79 Å². The van der Waals surface area contributed by atoms with Gasteiger partial charge in [-0.3, -0.25) is 4.57 Å². The third-order valence-electron chi connectivity index (χ3n) is 2.17. The lowest BCUT2D eigenvalue weighted by atomic mass is 10.2. The van der Waals surface area contributed by atoms with Crippen LogP contribution >= 0.6 is 0 Å². The second-order valence-corrected chi connectivity index (χ2v) is 4.78. The quantitative estimate of drug-likeness (QED) is 0.722. The predicted molar refractivity (Wildman–Crippen MR) is 58.3 cm³/mol. The summed E-state index contributed by atoms with van der Waals surface area (Å²) in [5.74, 6) is 0.499. The maximum absolute atomic E-state index is 11.8. The number of nitrogens with zero attached hydrogens (tertiary/aromatic N) is 3. The van der Waals surface area contributed by atoms with Gasteiger partial charge in [-0.25, -0.2) is 4.79 Å². The average Bonchev–Trinajstić information content (AvgIpc) is 2.58. The van der Waals surface area contributed by atoms with Gasteiger partial charge < -0.3 is 10.1 Å². The molecule has 1 aromatic rings.